The lowest BCUT2D eigenvalue weighted by molar-refractivity contribution is -0.144. The van der Waals surface area contributed by atoms with E-state index >= 15 is 0 Å². The molecule has 0 atom stereocenters. The highest BCUT2D eigenvalue weighted by atomic mass is 19.1. The first-order valence-corrected chi connectivity index (χ1v) is 5.60. The van der Waals surface area contributed by atoms with E-state index in [9.17, 15) is 23.6 Å². The van der Waals surface area contributed by atoms with Crippen LogP contribution >= 0.6 is 0 Å². The minimum Gasteiger partial charge on any atom is -0.466 e. The first-order valence-electron chi connectivity index (χ1n) is 5.60. The predicted molar refractivity (Wildman–Crippen MR) is 62.2 cm³/mol. The summed E-state index contributed by atoms with van der Waals surface area (Å²) in [4.78, 5) is 46.3. The van der Waals surface area contributed by atoms with Crippen LogP contribution in [0.15, 0.2) is 15.8 Å². The molecule has 0 saturated carbocycles. The molecule has 0 bridgehead atoms. The summed E-state index contributed by atoms with van der Waals surface area (Å²) in [7, 11) is 0. The van der Waals surface area contributed by atoms with Gasteiger partial charge in [0.25, 0.3) is 5.56 Å². The van der Waals surface area contributed by atoms with Crippen molar-refractivity contribution in [3.63, 3.8) is 0 Å². The third kappa shape index (κ3) is 4.49. The number of hydrogen-bond donors (Lipinski definition) is 1. The Morgan fingerprint density at radius 1 is 1.37 bits per heavy atom. The molecule has 1 rings (SSSR count). The molecule has 0 aliphatic rings. The summed E-state index contributed by atoms with van der Waals surface area (Å²) in [6, 6.07) is 0. The number of aromatic nitrogens is 2. The van der Waals surface area contributed by atoms with Crippen LogP contribution < -0.4 is 11.2 Å². The number of Topliss-reactive ketones (excluding diaryl/α,β-unsaturated/α-hetero) is 1. The first kappa shape index (κ1) is 14.8. The Bertz CT molecular complexity index is 589. The van der Waals surface area contributed by atoms with Crippen molar-refractivity contribution in [1.82, 2.24) is 9.55 Å². The molecule has 1 N–H and O–H groups in total. The van der Waals surface area contributed by atoms with Gasteiger partial charge in [0.2, 0.25) is 5.82 Å². The van der Waals surface area contributed by atoms with E-state index < -0.39 is 35.4 Å². The lowest BCUT2D eigenvalue weighted by Gasteiger charge is -2.04. The van der Waals surface area contributed by atoms with Crippen LogP contribution in [0.2, 0.25) is 0 Å². The van der Waals surface area contributed by atoms with Gasteiger partial charge in [-0.2, -0.15) is 4.39 Å². The molecule has 1 heterocycles. The maximum Gasteiger partial charge on any atom is 0.328 e. The number of H-pyrrole nitrogens is 1. The monoisotopic (exact) mass is 272 g/mol. The first-order chi connectivity index (χ1) is 8.93. The van der Waals surface area contributed by atoms with Gasteiger partial charge in [0.1, 0.15) is 0 Å². The summed E-state index contributed by atoms with van der Waals surface area (Å²) < 4.78 is 18.3. The molecule has 8 heteroatoms. The number of esters is 1. The molecule has 0 amide bonds. The van der Waals surface area contributed by atoms with Crippen LogP contribution in [0.1, 0.15) is 19.8 Å². The smallest absolute Gasteiger partial charge is 0.328 e. The topological polar surface area (TPSA) is 98.2 Å². The second kappa shape index (κ2) is 6.62. The average Bonchev–Trinajstić information content (AvgIpc) is 2.34. The molecule has 1 aromatic rings. The van der Waals surface area contributed by atoms with Crippen molar-refractivity contribution in [2.24, 2.45) is 0 Å². The minimum absolute atomic E-state index is 0.104. The Morgan fingerprint density at radius 3 is 2.68 bits per heavy atom. The van der Waals surface area contributed by atoms with Gasteiger partial charge in [-0.3, -0.25) is 23.9 Å². The number of hydrogen-bond acceptors (Lipinski definition) is 5. The number of carbonyl (C=O) groups excluding carboxylic acids is 2. The summed E-state index contributed by atoms with van der Waals surface area (Å²) in [6.07, 6.45) is 0.433. The number of rotatable bonds is 6. The van der Waals surface area contributed by atoms with Crippen LogP contribution in [0.25, 0.3) is 0 Å². The fraction of sp³-hybridized carbons (Fsp3) is 0.455. The average molecular weight is 272 g/mol. The summed E-state index contributed by atoms with van der Waals surface area (Å²) >= 11 is 0. The molecule has 0 aliphatic carbocycles. The number of aromatic amines is 1. The van der Waals surface area contributed by atoms with Gasteiger partial charge in [-0.1, -0.05) is 0 Å². The lowest BCUT2D eigenvalue weighted by Crippen LogP contribution is -2.33. The van der Waals surface area contributed by atoms with Crippen LogP contribution in [-0.4, -0.2) is 27.9 Å². The number of nitrogens with one attached hydrogen (secondary N) is 1. The van der Waals surface area contributed by atoms with E-state index in [0.29, 0.717) is 6.20 Å². The Balaban J connectivity index is 2.63. The molecule has 19 heavy (non-hydrogen) atoms. The number of nitrogens with zero attached hydrogens (tertiary/aromatic N) is 1. The molecule has 0 saturated heterocycles. The van der Waals surface area contributed by atoms with Gasteiger partial charge in [-0.25, -0.2) is 4.79 Å². The minimum atomic E-state index is -1.15. The summed E-state index contributed by atoms with van der Waals surface area (Å²) in [5.41, 5.74) is -2.02. The SMILES string of the molecule is CCOC(=O)CCC(=O)Cn1cc(F)c(=O)[nH]c1=O. The van der Waals surface area contributed by atoms with E-state index in [-0.39, 0.29) is 19.4 Å². The lowest BCUT2D eigenvalue weighted by atomic mass is 10.2. The second-order valence-electron chi connectivity index (χ2n) is 3.71. The molecular formula is C11H13FN2O5. The van der Waals surface area contributed by atoms with E-state index in [2.05, 4.69) is 4.74 Å². The van der Waals surface area contributed by atoms with E-state index in [1.165, 1.54) is 0 Å². The van der Waals surface area contributed by atoms with E-state index in [0.717, 1.165) is 4.57 Å². The van der Waals surface area contributed by atoms with Gasteiger partial charge in [0, 0.05) is 6.42 Å². The highest BCUT2D eigenvalue weighted by Crippen LogP contribution is 1.96. The zero-order valence-electron chi connectivity index (χ0n) is 10.3. The molecule has 0 radical (unpaired) electrons. The molecule has 0 unspecified atom stereocenters. The number of ether oxygens (including phenoxy) is 1. The highest BCUT2D eigenvalue weighted by molar-refractivity contribution is 5.82. The summed E-state index contributed by atoms with van der Waals surface area (Å²) in [5, 5.41) is 0. The van der Waals surface area contributed by atoms with Crippen molar-refractivity contribution in [3.8, 4) is 0 Å². The summed E-state index contributed by atoms with van der Waals surface area (Å²) in [6.45, 7) is 1.45. The van der Waals surface area contributed by atoms with Gasteiger partial charge in [-0.15, -0.1) is 0 Å². The van der Waals surface area contributed by atoms with Gasteiger partial charge in [0.05, 0.1) is 25.8 Å². The zero-order chi connectivity index (χ0) is 14.4. The molecule has 0 spiro atoms. The highest BCUT2D eigenvalue weighted by Gasteiger charge is 2.10. The third-order valence-electron chi connectivity index (χ3n) is 2.23. The van der Waals surface area contributed by atoms with Crippen molar-refractivity contribution in [2.45, 2.75) is 26.3 Å². The van der Waals surface area contributed by atoms with Gasteiger partial charge in [0.15, 0.2) is 5.78 Å². The fourth-order valence-electron chi connectivity index (χ4n) is 1.34. The molecule has 104 valence electrons. The Hall–Kier alpha value is -2.25. The Labute approximate surface area is 107 Å². The summed E-state index contributed by atoms with van der Waals surface area (Å²) in [5.74, 6) is -2.12. The van der Waals surface area contributed by atoms with Crippen LogP contribution in [-0.2, 0) is 20.9 Å². The van der Waals surface area contributed by atoms with Crippen molar-refractivity contribution < 1.29 is 18.7 Å². The van der Waals surface area contributed by atoms with E-state index in [4.69, 9.17) is 0 Å². The molecule has 0 fully saturated rings. The molecular weight excluding hydrogens is 259 g/mol. The standard InChI is InChI=1S/C11H13FN2O5/c1-2-19-9(16)4-3-7(15)5-14-6-8(12)10(17)13-11(14)18/h6H,2-5H2,1H3,(H,13,17,18). The Morgan fingerprint density at radius 2 is 2.05 bits per heavy atom. The van der Waals surface area contributed by atoms with Crippen molar-refractivity contribution in [3.05, 3.63) is 32.9 Å². The predicted octanol–water partition coefficient (Wildman–Crippen LogP) is -0.412. The normalized spacial score (nSPS) is 10.2. The largest absolute Gasteiger partial charge is 0.466 e. The molecule has 1 aromatic heterocycles. The van der Waals surface area contributed by atoms with Crippen molar-refractivity contribution in [1.29, 1.82) is 0 Å². The van der Waals surface area contributed by atoms with Crippen LogP contribution in [0, 0.1) is 5.82 Å². The quantitative estimate of drug-likeness (QED) is 0.710. The number of carbonyl (C=O) groups is 2. The second-order valence-corrected chi connectivity index (χ2v) is 3.71. The van der Waals surface area contributed by atoms with Crippen LogP contribution in [0.4, 0.5) is 4.39 Å². The number of ketones is 1. The van der Waals surface area contributed by atoms with Crippen molar-refractivity contribution in [2.75, 3.05) is 6.61 Å². The molecule has 0 aliphatic heterocycles. The maximum absolute atomic E-state index is 12.9. The number of halogens is 1. The van der Waals surface area contributed by atoms with Crippen LogP contribution in [0.3, 0.4) is 0 Å². The van der Waals surface area contributed by atoms with Gasteiger partial charge in [-0.05, 0) is 6.92 Å². The Kier molecular flexibility index (Phi) is 5.16. The zero-order valence-corrected chi connectivity index (χ0v) is 10.3. The van der Waals surface area contributed by atoms with Crippen LogP contribution in [0.5, 0.6) is 0 Å². The van der Waals surface area contributed by atoms with Crippen molar-refractivity contribution >= 4 is 11.8 Å². The van der Waals surface area contributed by atoms with Gasteiger partial charge >= 0.3 is 11.7 Å². The van der Waals surface area contributed by atoms with E-state index in [1.54, 1.807) is 11.9 Å². The molecule has 7 nitrogen and oxygen atoms in total. The van der Waals surface area contributed by atoms with E-state index in [1.807, 2.05) is 0 Å². The fourth-order valence-corrected chi connectivity index (χ4v) is 1.34. The van der Waals surface area contributed by atoms with Gasteiger partial charge < -0.3 is 4.74 Å². The maximum atomic E-state index is 12.9. The molecule has 0 aromatic carbocycles. The third-order valence-corrected chi connectivity index (χ3v) is 2.23.